The zero-order chi connectivity index (χ0) is 27.4. The van der Waals surface area contributed by atoms with Gasteiger partial charge in [0.1, 0.15) is 23.7 Å². The molecule has 1 saturated carbocycles. The van der Waals surface area contributed by atoms with Gasteiger partial charge in [-0.1, -0.05) is 18.1 Å². The molecule has 2 amide bonds. The van der Waals surface area contributed by atoms with Crippen molar-refractivity contribution in [3.63, 3.8) is 0 Å². The van der Waals surface area contributed by atoms with Gasteiger partial charge in [0, 0.05) is 23.4 Å². The Morgan fingerprint density at radius 3 is 2.56 bits per heavy atom. The lowest BCUT2D eigenvalue weighted by Crippen LogP contribution is -2.37. The molecule has 5 rings (SSSR count). The van der Waals surface area contributed by atoms with Crippen molar-refractivity contribution < 1.29 is 9.59 Å². The van der Waals surface area contributed by atoms with Crippen LogP contribution in [0.4, 0.5) is 11.6 Å². The highest BCUT2D eigenvalue weighted by Gasteiger charge is 2.27. The second kappa shape index (κ2) is 11.0. The number of carbonyl (C=O) groups is 2. The van der Waals surface area contributed by atoms with Crippen LogP contribution in [0.1, 0.15) is 54.6 Å². The predicted octanol–water partition coefficient (Wildman–Crippen LogP) is 3.22. The van der Waals surface area contributed by atoms with Crippen LogP contribution in [0, 0.1) is 23.2 Å². The minimum atomic E-state index is -0.351. The number of hydrogen-bond acceptors (Lipinski definition) is 8. The summed E-state index contributed by atoms with van der Waals surface area (Å²) in [5.74, 6) is 5.17. The van der Waals surface area contributed by atoms with E-state index in [0.29, 0.717) is 39.5 Å². The molecule has 11 nitrogen and oxygen atoms in total. The van der Waals surface area contributed by atoms with Crippen molar-refractivity contribution in [2.45, 2.75) is 44.7 Å². The van der Waals surface area contributed by atoms with Crippen molar-refractivity contribution in [3.8, 4) is 29.2 Å². The van der Waals surface area contributed by atoms with Gasteiger partial charge in [0.15, 0.2) is 5.65 Å². The molecule has 4 aromatic rings. The van der Waals surface area contributed by atoms with E-state index in [9.17, 15) is 9.59 Å². The average Bonchev–Trinajstić information content (AvgIpc) is 3.35. The van der Waals surface area contributed by atoms with Gasteiger partial charge in [0.2, 0.25) is 0 Å². The number of nitrogens with one attached hydrogen (secondary N) is 2. The highest BCUT2D eigenvalue weighted by molar-refractivity contribution is 6.04. The van der Waals surface area contributed by atoms with Crippen LogP contribution in [-0.2, 0) is 4.79 Å². The molecule has 3 heterocycles. The summed E-state index contributed by atoms with van der Waals surface area (Å²) in [6, 6.07) is 12.2. The number of aromatic nitrogens is 5. The van der Waals surface area contributed by atoms with Crippen LogP contribution in [0.3, 0.4) is 0 Å². The molecule has 11 heteroatoms. The fourth-order valence-electron chi connectivity index (χ4n) is 4.79. The Kier molecular flexibility index (Phi) is 7.15. The number of pyridine rings is 1. The number of fused-ring (bicyclic) bond motifs is 1. The zero-order valence-electron chi connectivity index (χ0n) is 21.2. The van der Waals surface area contributed by atoms with Crippen molar-refractivity contribution >= 4 is 34.5 Å². The van der Waals surface area contributed by atoms with E-state index in [2.05, 4.69) is 37.4 Å². The second-order valence-corrected chi connectivity index (χ2v) is 9.18. The minimum Gasteiger partial charge on any atom is -0.383 e. The van der Waals surface area contributed by atoms with Gasteiger partial charge in [-0.25, -0.2) is 19.6 Å². The van der Waals surface area contributed by atoms with Crippen molar-refractivity contribution in [1.29, 1.82) is 5.26 Å². The summed E-state index contributed by atoms with van der Waals surface area (Å²) < 4.78 is 1.90. The van der Waals surface area contributed by atoms with E-state index in [-0.39, 0.29) is 23.9 Å². The van der Waals surface area contributed by atoms with Gasteiger partial charge in [-0.05, 0) is 62.8 Å². The molecule has 0 atom stereocenters. The maximum absolute atomic E-state index is 12.7. The van der Waals surface area contributed by atoms with E-state index in [1.54, 1.807) is 37.3 Å². The third-order valence-electron chi connectivity index (χ3n) is 6.69. The van der Waals surface area contributed by atoms with Crippen molar-refractivity contribution in [3.05, 3.63) is 60.0 Å². The van der Waals surface area contributed by atoms with Crippen LogP contribution in [0.25, 0.3) is 22.3 Å². The molecule has 194 valence electrons. The van der Waals surface area contributed by atoms with Crippen LogP contribution in [0.15, 0.2) is 48.9 Å². The Hall–Kier alpha value is -5.29. The predicted molar refractivity (Wildman–Crippen MR) is 145 cm³/mol. The summed E-state index contributed by atoms with van der Waals surface area (Å²) in [6.07, 6.45) is 6.12. The van der Waals surface area contributed by atoms with Gasteiger partial charge in [-0.15, -0.1) is 0 Å². The lowest BCUT2D eigenvalue weighted by atomic mass is 9.91. The first-order chi connectivity index (χ1) is 19.0. The number of benzene rings is 1. The van der Waals surface area contributed by atoms with E-state index in [1.165, 1.54) is 18.6 Å². The van der Waals surface area contributed by atoms with Gasteiger partial charge >= 0.3 is 0 Å². The van der Waals surface area contributed by atoms with Gasteiger partial charge < -0.3 is 16.4 Å². The summed E-state index contributed by atoms with van der Waals surface area (Å²) in [5, 5.41) is 20.3. The fourth-order valence-corrected chi connectivity index (χ4v) is 4.79. The molecule has 1 fully saturated rings. The maximum atomic E-state index is 12.7. The van der Waals surface area contributed by atoms with Crippen LogP contribution in [-0.4, -0.2) is 42.6 Å². The monoisotopic (exact) mass is 519 g/mol. The fraction of sp³-hybridized carbons (Fsp3) is 0.250. The van der Waals surface area contributed by atoms with Gasteiger partial charge in [-0.3, -0.25) is 9.59 Å². The SMILES string of the molecule is CC#CC(=O)NC1CCC(n2nc(-c3ccc(C(=O)Nc4cc(C#N)ccn4)cc3)c3c(N)ncnc32)CC1. The summed E-state index contributed by atoms with van der Waals surface area (Å²) in [7, 11) is 0. The number of rotatable bonds is 5. The molecule has 3 aromatic heterocycles. The third-order valence-corrected chi connectivity index (χ3v) is 6.69. The Morgan fingerprint density at radius 1 is 1.08 bits per heavy atom. The van der Waals surface area contributed by atoms with Gasteiger partial charge in [0.05, 0.1) is 23.1 Å². The van der Waals surface area contributed by atoms with Crippen LogP contribution >= 0.6 is 0 Å². The molecular formula is C28H25N9O2. The average molecular weight is 520 g/mol. The molecule has 0 bridgehead atoms. The minimum absolute atomic E-state index is 0.0758. The Balaban J connectivity index is 1.37. The Morgan fingerprint density at radius 2 is 1.85 bits per heavy atom. The standard InChI is InChI=1S/C28H25N9O2/c1-2-3-23(38)34-20-8-10-21(11-9-20)37-27-24(26(30)32-16-33-27)25(36-37)18-4-6-19(7-5-18)28(39)35-22-14-17(15-29)12-13-31-22/h4-7,12-14,16,20-21H,8-11H2,1H3,(H,34,38)(H2,30,32,33)(H,31,35,39). The van der Waals surface area contributed by atoms with Crippen LogP contribution in [0.2, 0.25) is 0 Å². The highest BCUT2D eigenvalue weighted by atomic mass is 16.2. The lowest BCUT2D eigenvalue weighted by Gasteiger charge is -2.28. The number of anilines is 2. The second-order valence-electron chi connectivity index (χ2n) is 9.18. The van der Waals surface area contributed by atoms with E-state index in [1.807, 2.05) is 10.8 Å². The quantitative estimate of drug-likeness (QED) is 0.338. The normalized spacial score (nSPS) is 16.5. The number of nitrogens with two attached hydrogens (primary N) is 1. The maximum Gasteiger partial charge on any atom is 0.296 e. The molecule has 4 N–H and O–H groups in total. The van der Waals surface area contributed by atoms with Crippen LogP contribution < -0.4 is 16.4 Å². The molecule has 0 aliphatic heterocycles. The number of carbonyl (C=O) groups excluding carboxylic acids is 2. The summed E-state index contributed by atoms with van der Waals surface area (Å²) in [4.78, 5) is 37.3. The first-order valence-corrected chi connectivity index (χ1v) is 12.5. The molecule has 0 saturated heterocycles. The van der Waals surface area contributed by atoms with E-state index >= 15 is 0 Å². The number of nitrogen functional groups attached to an aromatic ring is 1. The van der Waals surface area contributed by atoms with Gasteiger partial charge in [0.25, 0.3) is 11.8 Å². The molecule has 0 spiro atoms. The Bertz CT molecular complexity index is 1650. The van der Waals surface area contributed by atoms with Crippen LogP contribution in [0.5, 0.6) is 0 Å². The van der Waals surface area contributed by atoms with Crippen molar-refractivity contribution in [1.82, 2.24) is 30.0 Å². The molecule has 1 aliphatic carbocycles. The van der Waals surface area contributed by atoms with Gasteiger partial charge in [-0.2, -0.15) is 10.4 Å². The Labute approximate surface area is 224 Å². The summed E-state index contributed by atoms with van der Waals surface area (Å²) in [5.41, 5.74) is 9.14. The lowest BCUT2D eigenvalue weighted by molar-refractivity contribution is -0.116. The largest absolute Gasteiger partial charge is 0.383 e. The molecule has 0 radical (unpaired) electrons. The van der Waals surface area contributed by atoms with Crippen molar-refractivity contribution in [2.24, 2.45) is 0 Å². The number of hydrogen-bond donors (Lipinski definition) is 3. The highest BCUT2D eigenvalue weighted by Crippen LogP contribution is 2.36. The number of nitriles is 1. The zero-order valence-corrected chi connectivity index (χ0v) is 21.2. The van der Waals surface area contributed by atoms with E-state index < -0.39 is 0 Å². The van der Waals surface area contributed by atoms with Crippen molar-refractivity contribution in [2.75, 3.05) is 11.1 Å². The molecule has 1 aromatic carbocycles. The molecule has 39 heavy (non-hydrogen) atoms. The molecular weight excluding hydrogens is 494 g/mol. The summed E-state index contributed by atoms with van der Waals surface area (Å²) >= 11 is 0. The molecule has 0 unspecified atom stereocenters. The topological polar surface area (TPSA) is 164 Å². The first-order valence-electron chi connectivity index (χ1n) is 12.5. The van der Waals surface area contributed by atoms with E-state index in [0.717, 1.165) is 31.2 Å². The third kappa shape index (κ3) is 5.38. The van der Waals surface area contributed by atoms with E-state index in [4.69, 9.17) is 16.1 Å². The summed E-state index contributed by atoms with van der Waals surface area (Å²) in [6.45, 7) is 1.64. The first kappa shape index (κ1) is 25.4. The smallest absolute Gasteiger partial charge is 0.296 e. The number of nitrogens with zero attached hydrogens (tertiary/aromatic N) is 6. The molecule has 1 aliphatic rings. The number of amides is 2.